The Kier molecular flexibility index (Phi) is 1.32. The summed E-state index contributed by atoms with van der Waals surface area (Å²) in [5, 5.41) is 4.57. The number of fused-ring (bicyclic) bond motifs is 1. The van der Waals surface area contributed by atoms with E-state index in [1.165, 1.54) is 0 Å². The lowest BCUT2D eigenvalue weighted by Gasteiger charge is -1.93. The number of nitrogens with zero attached hydrogens (tertiary/aromatic N) is 3. The molecule has 0 amide bonds. The van der Waals surface area contributed by atoms with E-state index < -0.39 is 0 Å². The number of rotatable bonds is 0. The first-order valence-electron chi connectivity index (χ1n) is 3.23. The van der Waals surface area contributed by atoms with Gasteiger partial charge >= 0.3 is 0 Å². The van der Waals surface area contributed by atoms with E-state index in [0.29, 0.717) is 5.15 Å². The summed E-state index contributed by atoms with van der Waals surface area (Å²) in [7, 11) is 0. The molecule has 2 heterocycles. The van der Waals surface area contributed by atoms with Crippen LogP contribution < -0.4 is 0 Å². The highest BCUT2D eigenvalue weighted by Crippen LogP contribution is 2.16. The maximum Gasteiger partial charge on any atom is 0.155 e. The van der Waals surface area contributed by atoms with Gasteiger partial charge in [-0.25, -0.2) is 9.50 Å². The second-order valence-corrected chi connectivity index (χ2v) is 2.70. The van der Waals surface area contributed by atoms with Gasteiger partial charge in [-0.3, -0.25) is 0 Å². The van der Waals surface area contributed by atoms with E-state index in [4.69, 9.17) is 11.6 Å². The molecule has 0 aliphatic heterocycles. The largest absolute Gasteiger partial charge is 0.241 e. The fraction of sp³-hybridized carbons (Fsp3) is 0.143. The van der Waals surface area contributed by atoms with Crippen molar-refractivity contribution in [3.8, 4) is 0 Å². The third-order valence-electron chi connectivity index (χ3n) is 1.57. The summed E-state index contributed by atoms with van der Waals surface area (Å²) in [5.74, 6) is 0. The van der Waals surface area contributed by atoms with Crippen molar-refractivity contribution < 1.29 is 0 Å². The van der Waals surface area contributed by atoms with Crippen molar-refractivity contribution in [3.63, 3.8) is 0 Å². The Hall–Kier alpha value is -1.09. The molecule has 0 bridgehead atoms. The van der Waals surface area contributed by atoms with Gasteiger partial charge in [0.2, 0.25) is 0 Å². The monoisotopic (exact) mass is 167 g/mol. The van der Waals surface area contributed by atoms with Crippen molar-refractivity contribution in [1.29, 1.82) is 0 Å². The van der Waals surface area contributed by atoms with Crippen molar-refractivity contribution in [2.75, 3.05) is 0 Å². The molecule has 0 atom stereocenters. The number of halogens is 1. The topological polar surface area (TPSA) is 30.2 Å². The Morgan fingerprint density at radius 2 is 2.36 bits per heavy atom. The first kappa shape index (κ1) is 6.61. The molecule has 2 rings (SSSR count). The molecule has 0 radical (unpaired) electrons. The molecule has 0 aromatic carbocycles. The van der Waals surface area contributed by atoms with Crippen LogP contribution in [0.1, 0.15) is 5.56 Å². The molecule has 2 aromatic rings. The quantitative estimate of drug-likeness (QED) is 0.598. The van der Waals surface area contributed by atoms with Crippen LogP contribution in [0.3, 0.4) is 0 Å². The Labute approximate surface area is 68.6 Å². The molecule has 0 unspecified atom stereocenters. The summed E-state index contributed by atoms with van der Waals surface area (Å²) in [6, 6.07) is 0. The van der Waals surface area contributed by atoms with E-state index in [-0.39, 0.29) is 0 Å². The minimum absolute atomic E-state index is 0.502. The van der Waals surface area contributed by atoms with Crippen LogP contribution in [-0.2, 0) is 0 Å². The van der Waals surface area contributed by atoms with Gasteiger partial charge in [-0.2, -0.15) is 5.10 Å². The predicted octanol–water partition coefficient (Wildman–Crippen LogP) is 1.69. The van der Waals surface area contributed by atoms with E-state index in [1.807, 2.05) is 6.92 Å². The molecule has 0 N–H and O–H groups in total. The van der Waals surface area contributed by atoms with E-state index >= 15 is 0 Å². The van der Waals surface area contributed by atoms with Gasteiger partial charge in [-0.05, 0) is 12.5 Å². The molecule has 0 aliphatic rings. The predicted molar refractivity (Wildman–Crippen MR) is 42.7 cm³/mol. The van der Waals surface area contributed by atoms with Gasteiger partial charge in [-0.15, -0.1) is 0 Å². The van der Waals surface area contributed by atoms with Crippen molar-refractivity contribution in [2.45, 2.75) is 6.92 Å². The van der Waals surface area contributed by atoms with Gasteiger partial charge in [0.25, 0.3) is 0 Å². The highest BCUT2D eigenvalue weighted by molar-refractivity contribution is 6.32. The lowest BCUT2D eigenvalue weighted by molar-refractivity contribution is 0.946. The summed E-state index contributed by atoms with van der Waals surface area (Å²) in [5.41, 5.74) is 1.93. The minimum atomic E-state index is 0.502. The van der Waals surface area contributed by atoms with Crippen LogP contribution in [0.15, 0.2) is 18.6 Å². The standard InChI is InChI=1S/C7H6ClN3/c1-5-4-10-11-3-2-9-7(8)6(5)11/h2-4H,1H3. The molecule has 0 saturated heterocycles. The average Bonchev–Trinajstić information content (AvgIpc) is 2.34. The van der Waals surface area contributed by atoms with Gasteiger partial charge in [0.1, 0.15) is 5.52 Å². The first-order chi connectivity index (χ1) is 5.29. The first-order valence-corrected chi connectivity index (χ1v) is 3.61. The second-order valence-electron chi connectivity index (χ2n) is 2.34. The summed E-state index contributed by atoms with van der Waals surface area (Å²) in [4.78, 5) is 3.94. The smallest absolute Gasteiger partial charge is 0.155 e. The van der Waals surface area contributed by atoms with Crippen LogP contribution in [0.4, 0.5) is 0 Å². The summed E-state index contributed by atoms with van der Waals surface area (Å²) in [6.07, 6.45) is 5.17. The normalized spacial score (nSPS) is 10.7. The number of hydrogen-bond acceptors (Lipinski definition) is 2. The van der Waals surface area contributed by atoms with E-state index in [2.05, 4.69) is 10.1 Å². The Bertz CT molecular complexity index is 393. The van der Waals surface area contributed by atoms with Crippen LogP contribution in [-0.4, -0.2) is 14.6 Å². The van der Waals surface area contributed by atoms with Gasteiger partial charge in [-0.1, -0.05) is 11.6 Å². The van der Waals surface area contributed by atoms with E-state index in [0.717, 1.165) is 11.1 Å². The van der Waals surface area contributed by atoms with Gasteiger partial charge in [0, 0.05) is 12.4 Å². The van der Waals surface area contributed by atoms with Crippen molar-refractivity contribution >= 4 is 17.1 Å². The third-order valence-corrected chi connectivity index (χ3v) is 1.85. The maximum atomic E-state index is 5.83. The molecule has 11 heavy (non-hydrogen) atoms. The van der Waals surface area contributed by atoms with Crippen LogP contribution >= 0.6 is 11.6 Å². The molecule has 0 aliphatic carbocycles. The van der Waals surface area contributed by atoms with E-state index in [1.54, 1.807) is 23.1 Å². The molecule has 0 fully saturated rings. The lowest BCUT2D eigenvalue weighted by atomic mass is 10.3. The fourth-order valence-corrected chi connectivity index (χ4v) is 1.33. The van der Waals surface area contributed by atoms with Crippen LogP contribution in [0, 0.1) is 6.92 Å². The summed E-state index contributed by atoms with van der Waals surface area (Å²) in [6.45, 7) is 1.95. The van der Waals surface area contributed by atoms with Gasteiger partial charge in [0.05, 0.1) is 6.20 Å². The van der Waals surface area contributed by atoms with Gasteiger partial charge in [0.15, 0.2) is 5.15 Å². The van der Waals surface area contributed by atoms with Crippen molar-refractivity contribution in [2.24, 2.45) is 0 Å². The third kappa shape index (κ3) is 0.886. The lowest BCUT2D eigenvalue weighted by Crippen LogP contribution is -1.88. The minimum Gasteiger partial charge on any atom is -0.241 e. The van der Waals surface area contributed by atoms with Crippen LogP contribution in [0.2, 0.25) is 5.15 Å². The highest BCUT2D eigenvalue weighted by atomic mass is 35.5. The Balaban J connectivity index is 2.96. The van der Waals surface area contributed by atoms with Crippen molar-refractivity contribution in [1.82, 2.24) is 14.6 Å². The summed E-state index contributed by atoms with van der Waals surface area (Å²) >= 11 is 5.83. The molecular formula is C7H6ClN3. The van der Waals surface area contributed by atoms with Crippen molar-refractivity contribution in [3.05, 3.63) is 29.3 Å². The zero-order valence-corrected chi connectivity index (χ0v) is 6.71. The molecule has 4 heteroatoms. The van der Waals surface area contributed by atoms with Crippen LogP contribution in [0.25, 0.3) is 5.52 Å². The Morgan fingerprint density at radius 3 is 3.09 bits per heavy atom. The fourth-order valence-electron chi connectivity index (χ4n) is 1.04. The van der Waals surface area contributed by atoms with E-state index in [9.17, 15) is 0 Å². The zero-order chi connectivity index (χ0) is 7.84. The van der Waals surface area contributed by atoms with Gasteiger partial charge < -0.3 is 0 Å². The molecule has 0 saturated carbocycles. The molecule has 56 valence electrons. The number of aromatic nitrogens is 3. The van der Waals surface area contributed by atoms with Crippen LogP contribution in [0.5, 0.6) is 0 Å². The Morgan fingerprint density at radius 1 is 1.55 bits per heavy atom. The summed E-state index contributed by atoms with van der Waals surface area (Å²) < 4.78 is 1.71. The molecular weight excluding hydrogens is 162 g/mol. The molecule has 0 spiro atoms. The molecule has 3 nitrogen and oxygen atoms in total. The number of hydrogen-bond donors (Lipinski definition) is 0. The molecule has 2 aromatic heterocycles. The average molecular weight is 168 g/mol. The zero-order valence-electron chi connectivity index (χ0n) is 5.95. The highest BCUT2D eigenvalue weighted by Gasteiger charge is 2.02. The maximum absolute atomic E-state index is 5.83. The SMILES string of the molecule is Cc1cnn2ccnc(Cl)c12. The number of aryl methyl sites for hydroxylation is 1. The second kappa shape index (κ2) is 2.20.